The molecule has 0 aliphatic heterocycles. The van der Waals surface area contributed by atoms with E-state index in [9.17, 15) is 18.0 Å². The lowest BCUT2D eigenvalue weighted by molar-refractivity contribution is -0.118. The molecule has 3 N–H and O–H groups in total. The topological polar surface area (TPSA) is 118 Å². The van der Waals surface area contributed by atoms with Crippen LogP contribution in [0.3, 0.4) is 0 Å². The molecule has 0 unspecified atom stereocenters. The molecule has 0 saturated heterocycles. The molecule has 0 aliphatic carbocycles. The van der Waals surface area contributed by atoms with E-state index >= 15 is 0 Å². The molecule has 0 radical (unpaired) electrons. The fourth-order valence-corrected chi connectivity index (χ4v) is 3.61. The van der Waals surface area contributed by atoms with Crippen molar-refractivity contribution in [3.63, 3.8) is 0 Å². The molecule has 162 valence electrons. The second kappa shape index (κ2) is 9.59. The van der Waals surface area contributed by atoms with E-state index in [2.05, 4.69) is 15.4 Å². The highest BCUT2D eigenvalue weighted by molar-refractivity contribution is 7.89. The largest absolute Gasteiger partial charge is 0.468 e. The third-order valence-electron chi connectivity index (χ3n) is 4.36. The Morgan fingerprint density at radius 3 is 2.23 bits per heavy atom. The molecule has 0 fully saturated rings. The van der Waals surface area contributed by atoms with E-state index in [0.717, 1.165) is 0 Å². The number of benzene rings is 2. The molecule has 1 aromatic heterocycles. The van der Waals surface area contributed by atoms with Crippen LogP contribution in [0.1, 0.15) is 30.0 Å². The molecule has 31 heavy (non-hydrogen) atoms. The number of amides is 2. The Kier molecular flexibility index (Phi) is 6.88. The first-order chi connectivity index (χ1) is 14.7. The first-order valence-corrected chi connectivity index (χ1v) is 11.1. The summed E-state index contributed by atoms with van der Waals surface area (Å²) >= 11 is 0. The first-order valence-electron chi connectivity index (χ1n) is 9.59. The zero-order valence-corrected chi connectivity index (χ0v) is 17.9. The predicted molar refractivity (Wildman–Crippen MR) is 117 cm³/mol. The van der Waals surface area contributed by atoms with Crippen LogP contribution < -0.4 is 15.4 Å². The molecule has 8 nitrogen and oxygen atoms in total. The molecule has 0 spiro atoms. The molecular formula is C22H23N3O5S. The van der Waals surface area contributed by atoms with E-state index in [1.807, 2.05) is 0 Å². The van der Waals surface area contributed by atoms with E-state index < -0.39 is 15.9 Å². The lowest BCUT2D eigenvalue weighted by Gasteiger charge is -2.11. The molecule has 0 saturated carbocycles. The van der Waals surface area contributed by atoms with Gasteiger partial charge >= 0.3 is 0 Å². The maximum absolute atomic E-state index is 12.5. The van der Waals surface area contributed by atoms with Crippen molar-refractivity contribution in [1.29, 1.82) is 0 Å². The maximum Gasteiger partial charge on any atom is 0.255 e. The number of sulfonamides is 1. The Hall–Kier alpha value is -3.43. The monoisotopic (exact) mass is 441 g/mol. The van der Waals surface area contributed by atoms with Crippen LogP contribution in [0.15, 0.2) is 76.2 Å². The summed E-state index contributed by atoms with van der Waals surface area (Å²) in [4.78, 5) is 24.4. The van der Waals surface area contributed by atoms with Crippen LogP contribution in [0.2, 0.25) is 0 Å². The molecule has 2 aromatic carbocycles. The molecule has 2 amide bonds. The van der Waals surface area contributed by atoms with Crippen LogP contribution in [0, 0.1) is 5.92 Å². The highest BCUT2D eigenvalue weighted by atomic mass is 32.2. The van der Waals surface area contributed by atoms with Crippen LogP contribution in [0.25, 0.3) is 0 Å². The van der Waals surface area contributed by atoms with Gasteiger partial charge in [0.15, 0.2) is 0 Å². The minimum atomic E-state index is -3.74. The predicted octanol–water partition coefficient (Wildman–Crippen LogP) is 3.60. The van der Waals surface area contributed by atoms with Crippen molar-refractivity contribution in [3.05, 3.63) is 78.3 Å². The van der Waals surface area contributed by atoms with Gasteiger partial charge in [-0.25, -0.2) is 13.1 Å². The number of carbonyl (C=O) groups excluding carboxylic acids is 2. The van der Waals surface area contributed by atoms with Gasteiger partial charge in [-0.2, -0.15) is 0 Å². The normalized spacial score (nSPS) is 11.3. The summed E-state index contributed by atoms with van der Waals surface area (Å²) in [7, 11) is -3.74. The average Bonchev–Trinajstić information content (AvgIpc) is 3.26. The van der Waals surface area contributed by atoms with Crippen molar-refractivity contribution in [3.8, 4) is 0 Å². The zero-order chi connectivity index (χ0) is 22.4. The summed E-state index contributed by atoms with van der Waals surface area (Å²) < 4.78 is 32.3. The minimum Gasteiger partial charge on any atom is -0.468 e. The van der Waals surface area contributed by atoms with E-state index in [1.54, 1.807) is 50.2 Å². The Morgan fingerprint density at radius 1 is 0.935 bits per heavy atom. The van der Waals surface area contributed by atoms with E-state index in [-0.39, 0.29) is 23.3 Å². The quantitative estimate of drug-likeness (QED) is 0.494. The molecule has 3 aromatic rings. The maximum atomic E-state index is 12.5. The Bertz CT molecular complexity index is 1150. The van der Waals surface area contributed by atoms with Crippen molar-refractivity contribution < 1.29 is 22.4 Å². The molecule has 0 bridgehead atoms. The highest BCUT2D eigenvalue weighted by Crippen LogP contribution is 2.18. The number of rotatable bonds is 8. The van der Waals surface area contributed by atoms with Gasteiger partial charge in [0, 0.05) is 22.9 Å². The van der Waals surface area contributed by atoms with Gasteiger partial charge in [-0.15, -0.1) is 0 Å². The molecular weight excluding hydrogens is 418 g/mol. The average molecular weight is 442 g/mol. The minimum absolute atomic E-state index is 0.0290. The Morgan fingerprint density at radius 2 is 1.61 bits per heavy atom. The van der Waals surface area contributed by atoms with E-state index in [0.29, 0.717) is 22.7 Å². The number of hydrogen-bond donors (Lipinski definition) is 3. The van der Waals surface area contributed by atoms with Gasteiger partial charge in [0.1, 0.15) is 5.76 Å². The van der Waals surface area contributed by atoms with Gasteiger partial charge in [0.2, 0.25) is 15.9 Å². The fraction of sp³-hybridized carbons (Fsp3) is 0.182. The number of furan rings is 1. The summed E-state index contributed by atoms with van der Waals surface area (Å²) in [6.07, 6.45) is 1.46. The van der Waals surface area contributed by atoms with Gasteiger partial charge < -0.3 is 15.1 Å². The third-order valence-corrected chi connectivity index (χ3v) is 5.77. The fourth-order valence-electron chi connectivity index (χ4n) is 2.61. The van der Waals surface area contributed by atoms with Crippen molar-refractivity contribution >= 4 is 33.2 Å². The van der Waals surface area contributed by atoms with Gasteiger partial charge in [0.25, 0.3) is 5.91 Å². The van der Waals surface area contributed by atoms with Gasteiger partial charge in [-0.1, -0.05) is 19.9 Å². The third kappa shape index (κ3) is 6.03. The van der Waals surface area contributed by atoms with Crippen LogP contribution in [-0.2, 0) is 21.4 Å². The zero-order valence-electron chi connectivity index (χ0n) is 17.1. The van der Waals surface area contributed by atoms with Crippen LogP contribution in [-0.4, -0.2) is 20.2 Å². The number of nitrogens with one attached hydrogen (secondary N) is 3. The molecule has 0 atom stereocenters. The highest BCUT2D eigenvalue weighted by Gasteiger charge is 2.16. The van der Waals surface area contributed by atoms with E-state index in [4.69, 9.17) is 4.42 Å². The molecule has 0 aliphatic rings. The smallest absolute Gasteiger partial charge is 0.255 e. The van der Waals surface area contributed by atoms with Crippen LogP contribution in [0.5, 0.6) is 0 Å². The Balaban J connectivity index is 1.64. The first kappa shape index (κ1) is 22.3. The second-order valence-corrected chi connectivity index (χ2v) is 8.87. The standard InChI is InChI=1S/C22H23N3O5S/c1-15(2)21(26)24-17-5-3-6-18(13-17)25-22(27)16-8-10-20(11-9-16)31(28,29)23-14-19-7-4-12-30-19/h3-13,15,23H,14H2,1-2H3,(H,24,26)(H,25,27). The lowest BCUT2D eigenvalue weighted by Crippen LogP contribution is -2.23. The van der Waals surface area contributed by atoms with E-state index in [1.165, 1.54) is 30.5 Å². The van der Waals surface area contributed by atoms with Crippen LogP contribution in [0.4, 0.5) is 11.4 Å². The molecule has 1 heterocycles. The summed E-state index contributed by atoms with van der Waals surface area (Å²) in [5.74, 6) is -0.200. The van der Waals surface area contributed by atoms with Crippen molar-refractivity contribution in [2.75, 3.05) is 10.6 Å². The summed E-state index contributed by atoms with van der Waals surface area (Å²) in [5, 5.41) is 5.51. The summed E-state index contributed by atoms with van der Waals surface area (Å²) in [5.41, 5.74) is 1.37. The van der Waals surface area contributed by atoms with Gasteiger partial charge in [-0.3, -0.25) is 9.59 Å². The lowest BCUT2D eigenvalue weighted by atomic mass is 10.2. The van der Waals surface area contributed by atoms with Crippen molar-refractivity contribution in [1.82, 2.24) is 4.72 Å². The second-order valence-electron chi connectivity index (χ2n) is 7.11. The summed E-state index contributed by atoms with van der Waals surface area (Å²) in [6, 6.07) is 15.7. The van der Waals surface area contributed by atoms with Crippen molar-refractivity contribution in [2.45, 2.75) is 25.3 Å². The van der Waals surface area contributed by atoms with Gasteiger partial charge in [-0.05, 0) is 54.6 Å². The molecule has 3 rings (SSSR count). The van der Waals surface area contributed by atoms with Gasteiger partial charge in [0.05, 0.1) is 17.7 Å². The van der Waals surface area contributed by atoms with Crippen molar-refractivity contribution in [2.24, 2.45) is 5.92 Å². The van der Waals surface area contributed by atoms with Crippen LogP contribution >= 0.6 is 0 Å². The molecule has 9 heteroatoms. The SMILES string of the molecule is CC(C)C(=O)Nc1cccc(NC(=O)c2ccc(S(=O)(=O)NCc3ccco3)cc2)c1. The number of anilines is 2. The number of hydrogen-bond acceptors (Lipinski definition) is 5. The number of carbonyl (C=O) groups is 2. The Labute approximate surface area is 180 Å². The summed E-state index contributed by atoms with van der Waals surface area (Å²) in [6.45, 7) is 3.61.